The molecule has 1 fully saturated rings. The minimum absolute atomic E-state index is 0.205. The SMILES string of the molecule is NC(=NCc1ccc(N2CC=CC2)cc1)N1CCN(c2ccc(F)cc2)CC1. The third-order valence-electron chi connectivity index (χ3n) is 5.34. The van der Waals surface area contributed by atoms with Gasteiger partial charge in [0.1, 0.15) is 5.82 Å². The Morgan fingerprint density at radius 1 is 0.821 bits per heavy atom. The number of hydrogen-bond donors (Lipinski definition) is 1. The molecule has 0 atom stereocenters. The molecule has 0 aromatic heterocycles. The average Bonchev–Trinajstić information content (AvgIpc) is 3.28. The van der Waals surface area contributed by atoms with Crippen LogP contribution in [-0.4, -0.2) is 50.1 Å². The van der Waals surface area contributed by atoms with Gasteiger partial charge in [0.2, 0.25) is 0 Å². The van der Waals surface area contributed by atoms with Crippen molar-refractivity contribution in [2.75, 3.05) is 49.1 Å². The molecule has 1 saturated heterocycles. The van der Waals surface area contributed by atoms with Gasteiger partial charge in [0, 0.05) is 50.6 Å². The molecule has 0 bridgehead atoms. The summed E-state index contributed by atoms with van der Waals surface area (Å²) in [5.74, 6) is 0.385. The van der Waals surface area contributed by atoms with Gasteiger partial charge in [-0.25, -0.2) is 9.38 Å². The van der Waals surface area contributed by atoms with Crippen LogP contribution in [0.15, 0.2) is 65.7 Å². The first-order valence-corrected chi connectivity index (χ1v) is 9.73. The lowest BCUT2D eigenvalue weighted by molar-refractivity contribution is 0.380. The Bertz CT molecular complexity index is 828. The van der Waals surface area contributed by atoms with Gasteiger partial charge in [0.05, 0.1) is 6.54 Å². The average molecular weight is 379 g/mol. The number of rotatable bonds is 4. The number of benzene rings is 2. The first kappa shape index (κ1) is 18.3. The van der Waals surface area contributed by atoms with Crippen molar-refractivity contribution in [3.63, 3.8) is 0 Å². The number of anilines is 2. The van der Waals surface area contributed by atoms with E-state index in [9.17, 15) is 4.39 Å². The van der Waals surface area contributed by atoms with Crippen LogP contribution in [0, 0.1) is 5.82 Å². The van der Waals surface area contributed by atoms with E-state index in [0.717, 1.165) is 50.5 Å². The number of piperazine rings is 1. The smallest absolute Gasteiger partial charge is 0.191 e. The summed E-state index contributed by atoms with van der Waals surface area (Å²) in [6.45, 7) is 5.87. The number of hydrogen-bond acceptors (Lipinski definition) is 3. The lowest BCUT2D eigenvalue weighted by atomic mass is 10.2. The molecule has 4 rings (SSSR count). The highest BCUT2D eigenvalue weighted by Gasteiger charge is 2.18. The Morgan fingerprint density at radius 3 is 2.04 bits per heavy atom. The highest BCUT2D eigenvalue weighted by molar-refractivity contribution is 5.78. The number of halogens is 1. The maximum atomic E-state index is 13.1. The van der Waals surface area contributed by atoms with Crippen LogP contribution in [0.25, 0.3) is 0 Å². The van der Waals surface area contributed by atoms with Gasteiger partial charge in [0.25, 0.3) is 0 Å². The zero-order valence-electron chi connectivity index (χ0n) is 16.0. The highest BCUT2D eigenvalue weighted by Crippen LogP contribution is 2.19. The van der Waals surface area contributed by atoms with E-state index in [1.807, 2.05) is 12.1 Å². The zero-order valence-corrected chi connectivity index (χ0v) is 16.0. The third kappa shape index (κ3) is 4.27. The van der Waals surface area contributed by atoms with Crippen LogP contribution in [0.3, 0.4) is 0 Å². The zero-order chi connectivity index (χ0) is 19.3. The van der Waals surface area contributed by atoms with Crippen molar-refractivity contribution in [2.45, 2.75) is 6.54 Å². The van der Waals surface area contributed by atoms with Gasteiger partial charge in [-0.05, 0) is 42.0 Å². The summed E-state index contributed by atoms with van der Waals surface area (Å²) < 4.78 is 13.1. The molecule has 0 aliphatic carbocycles. The van der Waals surface area contributed by atoms with Gasteiger partial charge in [-0.1, -0.05) is 24.3 Å². The minimum atomic E-state index is -0.205. The molecule has 2 aliphatic heterocycles. The normalized spacial score (nSPS) is 17.5. The molecule has 2 aromatic carbocycles. The molecule has 5 nitrogen and oxygen atoms in total. The van der Waals surface area contributed by atoms with Gasteiger partial charge >= 0.3 is 0 Å². The molecular formula is C22H26FN5. The van der Waals surface area contributed by atoms with Crippen molar-refractivity contribution in [3.05, 3.63) is 72.1 Å². The van der Waals surface area contributed by atoms with Crippen molar-refractivity contribution < 1.29 is 4.39 Å². The molecule has 0 saturated carbocycles. The van der Waals surface area contributed by atoms with Crippen LogP contribution in [0.5, 0.6) is 0 Å². The van der Waals surface area contributed by atoms with Crippen LogP contribution >= 0.6 is 0 Å². The number of nitrogens with two attached hydrogens (primary N) is 1. The van der Waals surface area contributed by atoms with Gasteiger partial charge in [-0.3, -0.25) is 0 Å². The van der Waals surface area contributed by atoms with Gasteiger partial charge < -0.3 is 20.4 Å². The van der Waals surface area contributed by atoms with Gasteiger partial charge in [-0.2, -0.15) is 0 Å². The van der Waals surface area contributed by atoms with Gasteiger partial charge in [-0.15, -0.1) is 0 Å². The van der Waals surface area contributed by atoms with E-state index in [1.165, 1.54) is 17.8 Å². The summed E-state index contributed by atoms with van der Waals surface area (Å²) in [7, 11) is 0. The Balaban J connectivity index is 1.29. The lowest BCUT2D eigenvalue weighted by Gasteiger charge is -2.36. The van der Waals surface area contributed by atoms with Crippen LogP contribution in [-0.2, 0) is 6.54 Å². The maximum absolute atomic E-state index is 13.1. The Kier molecular flexibility index (Phi) is 5.46. The Labute approximate surface area is 165 Å². The van der Waals surface area contributed by atoms with E-state index in [4.69, 9.17) is 5.73 Å². The van der Waals surface area contributed by atoms with Crippen molar-refractivity contribution in [2.24, 2.45) is 10.7 Å². The van der Waals surface area contributed by atoms with Gasteiger partial charge in [0.15, 0.2) is 5.96 Å². The van der Waals surface area contributed by atoms with Crippen LogP contribution < -0.4 is 15.5 Å². The summed E-state index contributed by atoms with van der Waals surface area (Å²) in [4.78, 5) is 11.3. The van der Waals surface area contributed by atoms with E-state index >= 15 is 0 Å². The molecule has 0 unspecified atom stereocenters. The van der Waals surface area contributed by atoms with Crippen LogP contribution in [0.2, 0.25) is 0 Å². The monoisotopic (exact) mass is 379 g/mol. The molecule has 0 radical (unpaired) electrons. The van der Waals surface area contributed by atoms with Crippen molar-refractivity contribution >= 4 is 17.3 Å². The minimum Gasteiger partial charge on any atom is -0.370 e. The van der Waals surface area contributed by atoms with Crippen LogP contribution in [0.1, 0.15) is 5.56 Å². The summed E-state index contributed by atoms with van der Waals surface area (Å²) in [5, 5.41) is 0. The second kappa shape index (κ2) is 8.33. The van der Waals surface area contributed by atoms with Crippen molar-refractivity contribution in [1.82, 2.24) is 4.90 Å². The highest BCUT2D eigenvalue weighted by atomic mass is 19.1. The van der Waals surface area contributed by atoms with E-state index in [1.54, 1.807) is 0 Å². The second-order valence-electron chi connectivity index (χ2n) is 7.17. The first-order chi connectivity index (χ1) is 13.7. The molecular weight excluding hydrogens is 353 g/mol. The fourth-order valence-corrected chi connectivity index (χ4v) is 3.62. The lowest BCUT2D eigenvalue weighted by Crippen LogP contribution is -2.51. The number of aliphatic imine (C=N–C) groups is 1. The topological polar surface area (TPSA) is 48.1 Å². The molecule has 28 heavy (non-hydrogen) atoms. The largest absolute Gasteiger partial charge is 0.370 e. The maximum Gasteiger partial charge on any atom is 0.191 e. The van der Waals surface area contributed by atoms with E-state index in [-0.39, 0.29) is 5.82 Å². The molecule has 2 aliphatic rings. The predicted molar refractivity (Wildman–Crippen MR) is 113 cm³/mol. The quantitative estimate of drug-likeness (QED) is 0.504. The van der Waals surface area contributed by atoms with Crippen molar-refractivity contribution in [1.29, 1.82) is 0 Å². The Hall–Kier alpha value is -3.02. The summed E-state index contributed by atoms with van der Waals surface area (Å²) in [5.41, 5.74) is 9.66. The number of nitrogens with zero attached hydrogens (tertiary/aromatic N) is 4. The molecule has 2 aromatic rings. The molecule has 2 heterocycles. The summed E-state index contributed by atoms with van der Waals surface area (Å²) >= 11 is 0. The summed E-state index contributed by atoms with van der Waals surface area (Å²) in [6.07, 6.45) is 4.38. The molecule has 0 amide bonds. The standard InChI is InChI=1S/C22H26FN5/c23-19-5-9-21(10-6-19)27-13-15-28(16-14-27)22(24)25-17-18-3-7-20(8-4-18)26-11-1-2-12-26/h1-10H,11-17H2,(H2,24,25). The molecule has 0 spiro atoms. The first-order valence-electron chi connectivity index (χ1n) is 9.73. The molecule has 6 heteroatoms. The molecule has 146 valence electrons. The summed E-state index contributed by atoms with van der Waals surface area (Å²) in [6, 6.07) is 15.2. The fourth-order valence-electron chi connectivity index (χ4n) is 3.62. The molecule has 2 N–H and O–H groups in total. The van der Waals surface area contributed by atoms with E-state index in [2.05, 4.69) is 56.1 Å². The fraction of sp³-hybridized carbons (Fsp3) is 0.318. The Morgan fingerprint density at radius 2 is 1.39 bits per heavy atom. The van der Waals surface area contributed by atoms with E-state index < -0.39 is 0 Å². The van der Waals surface area contributed by atoms with Crippen molar-refractivity contribution in [3.8, 4) is 0 Å². The predicted octanol–water partition coefficient (Wildman–Crippen LogP) is 2.84. The van der Waals surface area contributed by atoms with Crippen LogP contribution in [0.4, 0.5) is 15.8 Å². The number of guanidine groups is 1. The second-order valence-corrected chi connectivity index (χ2v) is 7.17. The van der Waals surface area contributed by atoms with E-state index in [0.29, 0.717) is 12.5 Å². The third-order valence-corrected chi connectivity index (χ3v) is 5.34.